The average molecular weight is 439 g/mol. The highest BCUT2D eigenvalue weighted by molar-refractivity contribution is 5.94. The first-order valence-electron chi connectivity index (χ1n) is 10.3. The second-order valence-corrected chi connectivity index (χ2v) is 7.77. The molecule has 0 unspecified atom stereocenters. The summed E-state index contributed by atoms with van der Waals surface area (Å²) < 4.78 is 21.3. The van der Waals surface area contributed by atoms with Gasteiger partial charge in [-0.15, -0.1) is 0 Å². The molecule has 0 aromatic heterocycles. The summed E-state index contributed by atoms with van der Waals surface area (Å²) in [7, 11) is 0. The Morgan fingerprint density at radius 3 is 2.16 bits per heavy atom. The Labute approximate surface area is 183 Å². The molecule has 0 aliphatic heterocycles. The predicted octanol–water partition coefficient (Wildman–Crippen LogP) is 1.23. The molecule has 0 atom stereocenters. The van der Waals surface area contributed by atoms with E-state index in [1.54, 1.807) is 24.3 Å². The van der Waals surface area contributed by atoms with Crippen LogP contribution in [0.15, 0.2) is 24.3 Å². The van der Waals surface area contributed by atoms with Gasteiger partial charge in [-0.2, -0.15) is 0 Å². The van der Waals surface area contributed by atoms with Gasteiger partial charge in [0.15, 0.2) is 0 Å². The number of rotatable bonds is 15. The van der Waals surface area contributed by atoms with Crippen molar-refractivity contribution in [2.24, 2.45) is 5.73 Å². The first-order chi connectivity index (χ1) is 14.7. The van der Waals surface area contributed by atoms with E-state index < -0.39 is 11.5 Å². The van der Waals surface area contributed by atoms with Crippen LogP contribution in [-0.2, 0) is 35.0 Å². The van der Waals surface area contributed by atoms with Crippen molar-refractivity contribution in [3.05, 3.63) is 35.4 Å². The zero-order chi connectivity index (χ0) is 23.1. The zero-order valence-electron chi connectivity index (χ0n) is 18.6. The van der Waals surface area contributed by atoms with Gasteiger partial charge in [-0.3, -0.25) is 14.4 Å². The van der Waals surface area contributed by atoms with Crippen LogP contribution < -0.4 is 11.1 Å². The fourth-order valence-electron chi connectivity index (χ4n) is 2.45. The molecule has 9 nitrogen and oxygen atoms in total. The zero-order valence-corrected chi connectivity index (χ0v) is 18.6. The second kappa shape index (κ2) is 14.5. The number of carbonyl (C=O) groups excluding carboxylic acids is 3. The molecule has 174 valence electrons. The first kappa shape index (κ1) is 26.5. The highest BCUT2D eigenvalue weighted by atomic mass is 16.6. The monoisotopic (exact) mass is 438 g/mol. The number of hydrogen-bond donors (Lipinski definition) is 2. The lowest BCUT2D eigenvalue weighted by molar-refractivity contribution is -0.156. The number of benzene rings is 1. The minimum atomic E-state index is -0.486. The Hall–Kier alpha value is -2.49. The quantitative estimate of drug-likeness (QED) is 0.311. The van der Waals surface area contributed by atoms with E-state index in [4.69, 9.17) is 24.7 Å². The lowest BCUT2D eigenvalue weighted by Crippen LogP contribution is -2.27. The van der Waals surface area contributed by atoms with Crippen LogP contribution >= 0.6 is 0 Å². The smallest absolute Gasteiger partial charge is 0.308 e. The van der Waals surface area contributed by atoms with Crippen LogP contribution in [0, 0.1) is 0 Å². The summed E-state index contributed by atoms with van der Waals surface area (Å²) in [6, 6.07) is 6.77. The maximum Gasteiger partial charge on any atom is 0.308 e. The Kier molecular flexibility index (Phi) is 12.4. The second-order valence-electron chi connectivity index (χ2n) is 7.77. The third-order valence-electron chi connectivity index (χ3n) is 3.71. The molecule has 0 bridgehead atoms. The fourth-order valence-corrected chi connectivity index (χ4v) is 2.45. The van der Waals surface area contributed by atoms with E-state index in [1.165, 1.54) is 0 Å². The Bertz CT molecular complexity index is 701. The summed E-state index contributed by atoms with van der Waals surface area (Å²) in [5, 5.41) is 2.75. The Balaban J connectivity index is 1.98. The van der Waals surface area contributed by atoms with E-state index in [-0.39, 0.29) is 24.7 Å². The van der Waals surface area contributed by atoms with Crippen LogP contribution in [0.5, 0.6) is 0 Å². The van der Waals surface area contributed by atoms with Crippen molar-refractivity contribution < 1.29 is 33.3 Å². The third-order valence-corrected chi connectivity index (χ3v) is 3.71. The topological polar surface area (TPSA) is 126 Å². The molecule has 1 aromatic rings. The summed E-state index contributed by atoms with van der Waals surface area (Å²) in [6.07, 6.45) is 0.306. The number of ether oxygens (including phenoxy) is 4. The van der Waals surface area contributed by atoms with Crippen molar-refractivity contribution in [1.82, 2.24) is 5.32 Å². The van der Waals surface area contributed by atoms with Crippen LogP contribution in [0.4, 0.5) is 0 Å². The number of hydrogen-bond acceptors (Lipinski definition) is 7. The van der Waals surface area contributed by atoms with Gasteiger partial charge in [-0.25, -0.2) is 0 Å². The number of esters is 1. The van der Waals surface area contributed by atoms with Gasteiger partial charge in [0.2, 0.25) is 5.91 Å². The van der Waals surface area contributed by atoms with Crippen molar-refractivity contribution in [3.8, 4) is 0 Å². The molecule has 1 aromatic carbocycles. The summed E-state index contributed by atoms with van der Waals surface area (Å²) in [6.45, 7) is 8.03. The van der Waals surface area contributed by atoms with Crippen molar-refractivity contribution in [2.75, 3.05) is 46.2 Å². The SMILES string of the molecule is CC(C)(C)OC(=O)CCOCCOCCOCCNC(=O)c1cccc(CC(N)=O)c1. The summed E-state index contributed by atoms with van der Waals surface area (Å²) in [5.41, 5.74) is 5.85. The Morgan fingerprint density at radius 1 is 0.935 bits per heavy atom. The van der Waals surface area contributed by atoms with Gasteiger partial charge in [0.05, 0.1) is 52.5 Å². The molecular formula is C22H34N2O7. The minimum Gasteiger partial charge on any atom is -0.460 e. The normalized spacial score (nSPS) is 11.2. The summed E-state index contributed by atoms with van der Waals surface area (Å²) in [5.74, 6) is -0.970. The van der Waals surface area contributed by atoms with E-state index in [9.17, 15) is 14.4 Å². The largest absolute Gasteiger partial charge is 0.460 e. The maximum absolute atomic E-state index is 12.1. The van der Waals surface area contributed by atoms with E-state index in [0.29, 0.717) is 57.3 Å². The van der Waals surface area contributed by atoms with Crippen LogP contribution in [0.25, 0.3) is 0 Å². The lowest BCUT2D eigenvalue weighted by Gasteiger charge is -2.19. The Morgan fingerprint density at radius 2 is 1.55 bits per heavy atom. The molecule has 2 amide bonds. The van der Waals surface area contributed by atoms with Crippen molar-refractivity contribution in [1.29, 1.82) is 0 Å². The van der Waals surface area contributed by atoms with Crippen LogP contribution in [0.3, 0.4) is 0 Å². The molecule has 9 heteroatoms. The predicted molar refractivity (Wildman–Crippen MR) is 115 cm³/mol. The maximum atomic E-state index is 12.1. The molecule has 1 rings (SSSR count). The van der Waals surface area contributed by atoms with Gasteiger partial charge in [-0.1, -0.05) is 12.1 Å². The van der Waals surface area contributed by atoms with Gasteiger partial charge in [0.1, 0.15) is 5.60 Å². The van der Waals surface area contributed by atoms with Gasteiger partial charge in [-0.05, 0) is 38.5 Å². The molecular weight excluding hydrogens is 404 g/mol. The number of amides is 2. The number of carbonyl (C=O) groups is 3. The van der Waals surface area contributed by atoms with Crippen molar-refractivity contribution >= 4 is 17.8 Å². The fraction of sp³-hybridized carbons (Fsp3) is 0.591. The molecule has 0 aliphatic rings. The van der Waals surface area contributed by atoms with Gasteiger partial charge >= 0.3 is 5.97 Å². The van der Waals surface area contributed by atoms with Crippen LogP contribution in [-0.4, -0.2) is 69.6 Å². The first-order valence-corrected chi connectivity index (χ1v) is 10.3. The van der Waals surface area contributed by atoms with E-state index in [2.05, 4.69) is 5.32 Å². The molecule has 0 heterocycles. The van der Waals surface area contributed by atoms with Crippen LogP contribution in [0.2, 0.25) is 0 Å². The lowest BCUT2D eigenvalue weighted by atomic mass is 10.1. The molecule has 31 heavy (non-hydrogen) atoms. The molecule has 0 aliphatic carbocycles. The molecule has 3 N–H and O–H groups in total. The molecule has 0 radical (unpaired) electrons. The third kappa shape index (κ3) is 14.2. The van der Waals surface area contributed by atoms with E-state index in [1.807, 2.05) is 20.8 Å². The van der Waals surface area contributed by atoms with Crippen molar-refractivity contribution in [2.45, 2.75) is 39.2 Å². The average Bonchev–Trinajstić information content (AvgIpc) is 2.67. The van der Waals surface area contributed by atoms with Gasteiger partial charge in [0.25, 0.3) is 5.91 Å². The molecule has 0 saturated heterocycles. The van der Waals surface area contributed by atoms with Crippen LogP contribution in [0.1, 0.15) is 43.1 Å². The molecule has 0 spiro atoms. The number of nitrogens with two attached hydrogens (primary N) is 1. The standard InChI is InChI=1S/C22H34N2O7/c1-22(2,3)31-20(26)7-9-28-11-13-30-14-12-29-10-8-24-21(27)18-6-4-5-17(15-18)16-19(23)25/h4-6,15H,7-14,16H2,1-3H3,(H2,23,25)(H,24,27). The van der Waals surface area contributed by atoms with E-state index in [0.717, 1.165) is 0 Å². The van der Waals surface area contributed by atoms with Gasteiger partial charge < -0.3 is 30.0 Å². The van der Waals surface area contributed by atoms with Gasteiger partial charge in [0, 0.05) is 12.1 Å². The molecule has 0 fully saturated rings. The molecule has 0 saturated carbocycles. The summed E-state index contributed by atoms with van der Waals surface area (Å²) in [4.78, 5) is 34.6. The number of nitrogens with one attached hydrogen (secondary N) is 1. The highest BCUT2D eigenvalue weighted by Crippen LogP contribution is 2.08. The number of primary amides is 1. The summed E-state index contributed by atoms with van der Waals surface area (Å²) >= 11 is 0. The van der Waals surface area contributed by atoms with E-state index >= 15 is 0 Å². The van der Waals surface area contributed by atoms with Crippen molar-refractivity contribution in [3.63, 3.8) is 0 Å². The minimum absolute atomic E-state index is 0.0962. The highest BCUT2D eigenvalue weighted by Gasteiger charge is 2.15.